The first-order valence-electron chi connectivity index (χ1n) is 6.41. The number of benzene rings is 2. The summed E-state index contributed by atoms with van der Waals surface area (Å²) in [5, 5.41) is 0. The standard InChI is InChI=1S/C17H16O2/c1-18-16-10-8-13(9-11-16)15-7-6-14-4-2-3-5-17(14)19-12-15/h2-5,7-11H,6,12H2,1H3. The van der Waals surface area contributed by atoms with Gasteiger partial charge in [-0.2, -0.15) is 0 Å². The molecule has 2 nitrogen and oxygen atoms in total. The van der Waals surface area contributed by atoms with Crippen LogP contribution in [0.4, 0.5) is 0 Å². The lowest BCUT2D eigenvalue weighted by Gasteiger charge is -2.09. The van der Waals surface area contributed by atoms with Gasteiger partial charge in [-0.1, -0.05) is 36.4 Å². The van der Waals surface area contributed by atoms with Crippen LogP contribution < -0.4 is 9.47 Å². The van der Waals surface area contributed by atoms with E-state index >= 15 is 0 Å². The molecule has 0 amide bonds. The molecule has 2 aromatic carbocycles. The lowest BCUT2D eigenvalue weighted by molar-refractivity contribution is 0.369. The van der Waals surface area contributed by atoms with Crippen molar-refractivity contribution in [2.45, 2.75) is 6.42 Å². The zero-order valence-electron chi connectivity index (χ0n) is 10.9. The number of fused-ring (bicyclic) bond motifs is 1. The summed E-state index contributed by atoms with van der Waals surface area (Å²) in [6.07, 6.45) is 3.16. The number of ether oxygens (including phenoxy) is 2. The van der Waals surface area contributed by atoms with Crippen LogP contribution in [-0.2, 0) is 6.42 Å². The topological polar surface area (TPSA) is 18.5 Å². The summed E-state index contributed by atoms with van der Waals surface area (Å²) in [6, 6.07) is 16.3. The van der Waals surface area contributed by atoms with Crippen molar-refractivity contribution in [3.63, 3.8) is 0 Å². The van der Waals surface area contributed by atoms with Crippen molar-refractivity contribution in [1.29, 1.82) is 0 Å². The fourth-order valence-electron chi connectivity index (χ4n) is 2.27. The molecule has 2 aromatic rings. The Morgan fingerprint density at radius 1 is 1.00 bits per heavy atom. The molecule has 0 radical (unpaired) electrons. The Bertz CT molecular complexity index is 597. The molecule has 0 atom stereocenters. The van der Waals surface area contributed by atoms with Crippen molar-refractivity contribution in [3.8, 4) is 11.5 Å². The largest absolute Gasteiger partial charge is 0.497 e. The molecule has 0 aromatic heterocycles. The van der Waals surface area contributed by atoms with Crippen molar-refractivity contribution < 1.29 is 9.47 Å². The summed E-state index contributed by atoms with van der Waals surface area (Å²) in [5.41, 5.74) is 3.65. The number of allylic oxidation sites excluding steroid dienone is 1. The average Bonchev–Trinajstić information content (AvgIpc) is 2.70. The molecule has 0 bridgehead atoms. The summed E-state index contributed by atoms with van der Waals surface area (Å²) >= 11 is 0. The van der Waals surface area contributed by atoms with Crippen LogP contribution in [-0.4, -0.2) is 13.7 Å². The number of hydrogen-bond donors (Lipinski definition) is 0. The van der Waals surface area contributed by atoms with E-state index in [0.717, 1.165) is 17.9 Å². The van der Waals surface area contributed by atoms with E-state index in [1.807, 2.05) is 24.3 Å². The average molecular weight is 252 g/mol. The maximum absolute atomic E-state index is 5.87. The summed E-state index contributed by atoms with van der Waals surface area (Å²) in [5.74, 6) is 1.87. The second kappa shape index (κ2) is 5.19. The molecule has 2 heteroatoms. The normalized spacial score (nSPS) is 13.8. The van der Waals surface area contributed by atoms with Gasteiger partial charge < -0.3 is 9.47 Å². The molecule has 0 saturated carbocycles. The quantitative estimate of drug-likeness (QED) is 0.811. The van der Waals surface area contributed by atoms with E-state index in [0.29, 0.717) is 6.61 Å². The van der Waals surface area contributed by atoms with Crippen LogP contribution in [0.5, 0.6) is 11.5 Å². The van der Waals surface area contributed by atoms with Crippen molar-refractivity contribution in [2.75, 3.05) is 13.7 Å². The Labute approximate surface area is 113 Å². The smallest absolute Gasteiger partial charge is 0.123 e. The van der Waals surface area contributed by atoms with Crippen LogP contribution in [0.3, 0.4) is 0 Å². The van der Waals surface area contributed by atoms with Crippen LogP contribution in [0.2, 0.25) is 0 Å². The van der Waals surface area contributed by atoms with Gasteiger partial charge in [0.15, 0.2) is 0 Å². The predicted molar refractivity (Wildman–Crippen MR) is 76.6 cm³/mol. The molecule has 1 aliphatic heterocycles. The van der Waals surface area contributed by atoms with Gasteiger partial charge in [0, 0.05) is 0 Å². The van der Waals surface area contributed by atoms with E-state index in [4.69, 9.17) is 9.47 Å². The van der Waals surface area contributed by atoms with Crippen LogP contribution in [0.25, 0.3) is 5.57 Å². The molecule has 1 heterocycles. The lowest BCUT2D eigenvalue weighted by atomic mass is 10.0. The third-order valence-electron chi connectivity index (χ3n) is 3.38. The molecular weight excluding hydrogens is 236 g/mol. The van der Waals surface area contributed by atoms with Crippen molar-refractivity contribution in [1.82, 2.24) is 0 Å². The predicted octanol–water partition coefficient (Wildman–Crippen LogP) is 3.71. The van der Waals surface area contributed by atoms with E-state index in [1.165, 1.54) is 16.7 Å². The highest BCUT2D eigenvalue weighted by Gasteiger charge is 2.10. The number of rotatable bonds is 2. The van der Waals surface area contributed by atoms with Crippen LogP contribution in [0, 0.1) is 0 Å². The van der Waals surface area contributed by atoms with Gasteiger partial charge in [0.05, 0.1) is 7.11 Å². The van der Waals surface area contributed by atoms with Gasteiger partial charge in [-0.05, 0) is 41.3 Å². The highest BCUT2D eigenvalue weighted by molar-refractivity contribution is 5.68. The summed E-state index contributed by atoms with van der Waals surface area (Å²) in [6.45, 7) is 0.614. The molecule has 0 N–H and O–H groups in total. The number of methoxy groups -OCH3 is 1. The highest BCUT2D eigenvalue weighted by Crippen LogP contribution is 2.27. The monoisotopic (exact) mass is 252 g/mol. The van der Waals surface area contributed by atoms with Crippen LogP contribution in [0.1, 0.15) is 11.1 Å². The fourth-order valence-corrected chi connectivity index (χ4v) is 2.27. The fraction of sp³-hybridized carbons (Fsp3) is 0.176. The molecule has 0 aliphatic carbocycles. The summed E-state index contributed by atoms with van der Waals surface area (Å²) in [4.78, 5) is 0. The second-order valence-electron chi connectivity index (χ2n) is 4.56. The third-order valence-corrected chi connectivity index (χ3v) is 3.38. The third kappa shape index (κ3) is 2.48. The summed E-state index contributed by atoms with van der Waals surface area (Å²) in [7, 11) is 1.68. The maximum Gasteiger partial charge on any atom is 0.123 e. The Morgan fingerprint density at radius 2 is 1.79 bits per heavy atom. The molecule has 0 spiro atoms. The Kier molecular flexibility index (Phi) is 3.23. The van der Waals surface area contributed by atoms with Gasteiger partial charge in [-0.3, -0.25) is 0 Å². The van der Waals surface area contributed by atoms with E-state index in [-0.39, 0.29) is 0 Å². The second-order valence-corrected chi connectivity index (χ2v) is 4.56. The van der Waals surface area contributed by atoms with Gasteiger partial charge in [0.25, 0.3) is 0 Å². The van der Waals surface area contributed by atoms with Gasteiger partial charge in [0.2, 0.25) is 0 Å². The summed E-state index contributed by atoms with van der Waals surface area (Å²) < 4.78 is 11.1. The molecule has 19 heavy (non-hydrogen) atoms. The van der Waals surface area contributed by atoms with E-state index in [9.17, 15) is 0 Å². The first kappa shape index (κ1) is 11.8. The van der Waals surface area contributed by atoms with Crippen molar-refractivity contribution in [3.05, 3.63) is 65.7 Å². The van der Waals surface area contributed by atoms with Crippen LogP contribution in [0.15, 0.2) is 54.6 Å². The maximum atomic E-state index is 5.87. The minimum atomic E-state index is 0.614. The first-order chi connectivity index (χ1) is 9.36. The number of hydrogen-bond acceptors (Lipinski definition) is 2. The number of para-hydroxylation sites is 1. The van der Waals surface area contributed by atoms with Gasteiger partial charge >= 0.3 is 0 Å². The van der Waals surface area contributed by atoms with Crippen molar-refractivity contribution in [2.24, 2.45) is 0 Å². The zero-order valence-corrected chi connectivity index (χ0v) is 10.9. The highest BCUT2D eigenvalue weighted by atomic mass is 16.5. The van der Waals surface area contributed by atoms with E-state index < -0.39 is 0 Å². The Balaban J connectivity index is 1.85. The molecule has 1 aliphatic rings. The SMILES string of the molecule is COc1ccc(C2=CCc3ccccc3OC2)cc1. The first-order valence-corrected chi connectivity index (χ1v) is 6.41. The molecular formula is C17H16O2. The van der Waals surface area contributed by atoms with Gasteiger partial charge in [-0.15, -0.1) is 0 Å². The minimum Gasteiger partial charge on any atom is -0.497 e. The van der Waals surface area contributed by atoms with Crippen LogP contribution >= 0.6 is 0 Å². The van der Waals surface area contributed by atoms with E-state index in [2.05, 4.69) is 30.3 Å². The molecule has 0 saturated heterocycles. The van der Waals surface area contributed by atoms with Crippen molar-refractivity contribution >= 4 is 5.57 Å². The van der Waals surface area contributed by atoms with Gasteiger partial charge in [-0.25, -0.2) is 0 Å². The minimum absolute atomic E-state index is 0.614. The van der Waals surface area contributed by atoms with E-state index in [1.54, 1.807) is 7.11 Å². The molecule has 0 unspecified atom stereocenters. The molecule has 0 fully saturated rings. The Morgan fingerprint density at radius 3 is 2.58 bits per heavy atom. The molecule has 96 valence electrons. The lowest BCUT2D eigenvalue weighted by Crippen LogP contribution is -1.99. The Hall–Kier alpha value is -2.22. The zero-order chi connectivity index (χ0) is 13.1. The van der Waals surface area contributed by atoms with Gasteiger partial charge in [0.1, 0.15) is 18.1 Å². The molecule has 3 rings (SSSR count).